The van der Waals surface area contributed by atoms with E-state index in [0.29, 0.717) is 22.7 Å². The molecule has 2 saturated heterocycles. The number of hydrogen-bond donors (Lipinski definition) is 1. The van der Waals surface area contributed by atoms with Crippen molar-refractivity contribution in [1.82, 2.24) is 10.2 Å². The quantitative estimate of drug-likeness (QED) is 0.792. The molecule has 0 aliphatic carbocycles. The van der Waals surface area contributed by atoms with Crippen LogP contribution in [-0.2, 0) is 9.84 Å². The van der Waals surface area contributed by atoms with Gasteiger partial charge in [-0.25, -0.2) is 13.4 Å². The molecule has 0 amide bonds. The first-order valence-corrected chi connectivity index (χ1v) is 9.07. The summed E-state index contributed by atoms with van der Waals surface area (Å²) < 4.78 is 25.4. The molecule has 2 fully saturated rings. The highest BCUT2D eigenvalue weighted by atomic mass is 32.2. The fraction of sp³-hybridized carbons (Fsp3) is 0.533. The fourth-order valence-electron chi connectivity index (χ4n) is 3.60. The van der Waals surface area contributed by atoms with E-state index in [2.05, 4.69) is 10.3 Å². The first-order chi connectivity index (χ1) is 10.1. The number of nitrogens with one attached hydrogen (secondary N) is 1. The fourth-order valence-corrected chi connectivity index (χ4v) is 5.17. The lowest BCUT2D eigenvalue weighted by atomic mass is 9.98. The van der Waals surface area contributed by atoms with E-state index in [-0.39, 0.29) is 5.17 Å². The van der Waals surface area contributed by atoms with Crippen LogP contribution < -0.4 is 5.32 Å². The number of hydrogen-bond acceptors (Lipinski definition) is 5. The number of benzene rings is 1. The predicted molar refractivity (Wildman–Crippen MR) is 81.5 cm³/mol. The second kappa shape index (κ2) is 4.81. The third-order valence-corrected chi connectivity index (χ3v) is 6.40. The van der Waals surface area contributed by atoms with E-state index >= 15 is 0 Å². The number of amidine groups is 1. The monoisotopic (exact) mass is 305 g/mol. The predicted octanol–water partition coefficient (Wildman–Crippen LogP) is 1.68. The molecule has 2 atom stereocenters. The van der Waals surface area contributed by atoms with Crippen molar-refractivity contribution in [2.75, 3.05) is 13.1 Å². The molecule has 0 aromatic heterocycles. The van der Waals surface area contributed by atoms with Crippen LogP contribution in [-0.4, -0.2) is 43.7 Å². The summed E-state index contributed by atoms with van der Waals surface area (Å²) in [6.45, 7) is 1.50. The molecule has 3 aliphatic heterocycles. The first kappa shape index (κ1) is 13.3. The van der Waals surface area contributed by atoms with Gasteiger partial charge in [0.1, 0.15) is 4.90 Å². The van der Waals surface area contributed by atoms with Gasteiger partial charge in [-0.05, 0) is 31.4 Å². The Hall–Kier alpha value is -1.40. The molecule has 112 valence electrons. The molecule has 6 heteroatoms. The zero-order chi connectivity index (χ0) is 14.4. The Labute approximate surface area is 125 Å². The van der Waals surface area contributed by atoms with Gasteiger partial charge in [0.15, 0.2) is 0 Å². The summed E-state index contributed by atoms with van der Waals surface area (Å²) in [6, 6.07) is 7.92. The summed E-state index contributed by atoms with van der Waals surface area (Å²) >= 11 is 0. The molecule has 1 N–H and O–H groups in total. The summed E-state index contributed by atoms with van der Waals surface area (Å²) in [5.74, 6) is 0. The van der Waals surface area contributed by atoms with Crippen LogP contribution >= 0.6 is 0 Å². The van der Waals surface area contributed by atoms with Gasteiger partial charge in [-0.3, -0.25) is 0 Å². The van der Waals surface area contributed by atoms with Crippen molar-refractivity contribution < 1.29 is 8.42 Å². The largest absolute Gasteiger partial charge is 0.345 e. The van der Waals surface area contributed by atoms with Gasteiger partial charge in [0.05, 0.1) is 5.69 Å². The van der Waals surface area contributed by atoms with E-state index < -0.39 is 9.84 Å². The molecular formula is C15H19N3O2S. The first-order valence-electron chi connectivity index (χ1n) is 7.58. The van der Waals surface area contributed by atoms with Gasteiger partial charge in [-0.2, -0.15) is 0 Å². The number of nitrogens with zero attached hydrogens (tertiary/aromatic N) is 2. The second-order valence-corrected chi connectivity index (χ2v) is 7.90. The maximum Gasteiger partial charge on any atom is 0.241 e. The van der Waals surface area contributed by atoms with Crippen LogP contribution in [0.25, 0.3) is 0 Å². The Morgan fingerprint density at radius 3 is 2.81 bits per heavy atom. The van der Waals surface area contributed by atoms with E-state index in [1.165, 1.54) is 12.8 Å². The van der Waals surface area contributed by atoms with Gasteiger partial charge in [0.2, 0.25) is 15.0 Å². The minimum absolute atomic E-state index is 0.248. The van der Waals surface area contributed by atoms with Gasteiger partial charge in [0, 0.05) is 25.2 Å². The lowest BCUT2D eigenvalue weighted by Crippen LogP contribution is -2.45. The van der Waals surface area contributed by atoms with Gasteiger partial charge < -0.3 is 10.2 Å². The standard InChI is InChI=1S/C15H19N3O2S/c19-21(20)14-7-2-1-6-13(14)17-15(21)18-9-8-11-4-3-5-12(10-18)16-11/h1-2,6-7,11-12,16H,3-5,8-10H2. The van der Waals surface area contributed by atoms with Crippen molar-refractivity contribution >= 4 is 20.7 Å². The van der Waals surface area contributed by atoms with E-state index in [1.807, 2.05) is 11.0 Å². The maximum atomic E-state index is 12.7. The normalized spacial score (nSPS) is 30.5. The number of fused-ring (bicyclic) bond motifs is 3. The third-order valence-electron chi connectivity index (χ3n) is 4.65. The summed E-state index contributed by atoms with van der Waals surface area (Å²) in [5.41, 5.74) is 0.577. The molecule has 2 unspecified atom stereocenters. The summed E-state index contributed by atoms with van der Waals surface area (Å²) in [6.07, 6.45) is 4.54. The minimum Gasteiger partial charge on any atom is -0.345 e. The third kappa shape index (κ3) is 2.17. The Morgan fingerprint density at radius 1 is 1.14 bits per heavy atom. The molecule has 0 saturated carbocycles. The van der Waals surface area contributed by atoms with Crippen LogP contribution in [0.4, 0.5) is 5.69 Å². The van der Waals surface area contributed by atoms with E-state index in [0.717, 1.165) is 25.9 Å². The van der Waals surface area contributed by atoms with Crippen molar-refractivity contribution in [3.05, 3.63) is 24.3 Å². The summed E-state index contributed by atoms with van der Waals surface area (Å²) in [5, 5.41) is 3.87. The van der Waals surface area contributed by atoms with E-state index in [9.17, 15) is 8.42 Å². The molecular weight excluding hydrogens is 286 g/mol. The molecule has 1 aromatic rings. The number of para-hydroxylation sites is 1. The average molecular weight is 305 g/mol. The highest BCUT2D eigenvalue weighted by Gasteiger charge is 2.38. The molecule has 0 spiro atoms. The van der Waals surface area contributed by atoms with E-state index in [1.54, 1.807) is 18.2 Å². The van der Waals surface area contributed by atoms with Gasteiger partial charge >= 0.3 is 0 Å². The van der Waals surface area contributed by atoms with E-state index in [4.69, 9.17) is 0 Å². The molecule has 2 bridgehead atoms. The van der Waals surface area contributed by atoms with Gasteiger partial charge in [0.25, 0.3) is 0 Å². The van der Waals surface area contributed by atoms with Crippen LogP contribution in [0.5, 0.6) is 0 Å². The second-order valence-electron chi connectivity index (χ2n) is 6.09. The molecule has 1 aromatic carbocycles. The van der Waals surface area contributed by atoms with Crippen molar-refractivity contribution in [2.45, 2.75) is 42.7 Å². The topological polar surface area (TPSA) is 61.8 Å². The number of sulfone groups is 1. The molecule has 3 heterocycles. The molecule has 0 radical (unpaired) electrons. The Morgan fingerprint density at radius 2 is 1.95 bits per heavy atom. The zero-order valence-corrected chi connectivity index (χ0v) is 12.6. The highest BCUT2D eigenvalue weighted by Crippen LogP contribution is 2.34. The summed E-state index contributed by atoms with van der Waals surface area (Å²) in [7, 11) is -3.44. The van der Waals surface area contributed by atoms with Crippen LogP contribution in [0.2, 0.25) is 0 Å². The van der Waals surface area contributed by atoms with Crippen LogP contribution in [0, 0.1) is 0 Å². The highest BCUT2D eigenvalue weighted by molar-refractivity contribution is 8.06. The Balaban J connectivity index is 1.68. The molecule has 5 nitrogen and oxygen atoms in total. The number of aliphatic imine (C=N–C) groups is 1. The van der Waals surface area contributed by atoms with Crippen LogP contribution in [0.3, 0.4) is 0 Å². The lowest BCUT2D eigenvalue weighted by molar-refractivity contribution is 0.322. The number of rotatable bonds is 0. The smallest absolute Gasteiger partial charge is 0.241 e. The number of piperidine rings is 1. The Kier molecular flexibility index (Phi) is 3.04. The Bertz CT molecular complexity index is 699. The van der Waals surface area contributed by atoms with Crippen molar-refractivity contribution in [2.24, 2.45) is 4.99 Å². The lowest BCUT2D eigenvalue weighted by Gasteiger charge is -2.29. The molecule has 4 rings (SSSR count). The van der Waals surface area contributed by atoms with Crippen LogP contribution in [0.15, 0.2) is 34.2 Å². The van der Waals surface area contributed by atoms with Crippen molar-refractivity contribution in [3.63, 3.8) is 0 Å². The molecule has 3 aliphatic rings. The van der Waals surface area contributed by atoms with Crippen molar-refractivity contribution in [1.29, 1.82) is 0 Å². The van der Waals surface area contributed by atoms with Crippen LogP contribution in [0.1, 0.15) is 25.7 Å². The summed E-state index contributed by atoms with van der Waals surface area (Å²) in [4.78, 5) is 6.73. The minimum atomic E-state index is -3.44. The van der Waals surface area contributed by atoms with Gasteiger partial charge in [-0.15, -0.1) is 0 Å². The molecule has 21 heavy (non-hydrogen) atoms. The maximum absolute atomic E-state index is 12.7. The average Bonchev–Trinajstić information content (AvgIpc) is 2.66. The van der Waals surface area contributed by atoms with Crippen molar-refractivity contribution in [3.8, 4) is 0 Å². The van der Waals surface area contributed by atoms with Gasteiger partial charge in [-0.1, -0.05) is 18.6 Å². The zero-order valence-electron chi connectivity index (χ0n) is 11.8. The SMILES string of the molecule is O=S1(=O)C(N2CCC3CCCC(C2)N3)=Nc2ccccc21.